The number of aryl methyl sites for hydroxylation is 1. The lowest BCUT2D eigenvalue weighted by Gasteiger charge is -2.06. The fourth-order valence-corrected chi connectivity index (χ4v) is 2.48. The Morgan fingerprint density at radius 3 is 2.76 bits per heavy atom. The van der Waals surface area contributed by atoms with Gasteiger partial charge in [0.1, 0.15) is 5.69 Å². The third-order valence-electron chi connectivity index (χ3n) is 3.71. The van der Waals surface area contributed by atoms with Crippen LogP contribution in [0.3, 0.4) is 0 Å². The summed E-state index contributed by atoms with van der Waals surface area (Å²) in [4.78, 5) is 31.5. The molecule has 3 heterocycles. The van der Waals surface area contributed by atoms with Crippen LogP contribution in [0.15, 0.2) is 36.7 Å². The molecule has 3 aromatic rings. The first-order chi connectivity index (χ1) is 12.0. The average Bonchev–Trinajstić information content (AvgIpc) is 3.17. The molecule has 3 aromatic heterocycles. The third-order valence-corrected chi connectivity index (χ3v) is 3.71. The lowest BCUT2D eigenvalue weighted by Crippen LogP contribution is -2.15. The van der Waals surface area contributed by atoms with Gasteiger partial charge < -0.3 is 15.0 Å². The second kappa shape index (κ2) is 6.60. The molecule has 25 heavy (non-hydrogen) atoms. The van der Waals surface area contributed by atoms with Crippen molar-refractivity contribution in [3.05, 3.63) is 59.3 Å². The summed E-state index contributed by atoms with van der Waals surface area (Å²) in [6, 6.07) is 7.11. The van der Waals surface area contributed by atoms with Crippen molar-refractivity contribution in [2.75, 3.05) is 12.4 Å². The van der Waals surface area contributed by atoms with Crippen molar-refractivity contribution in [3.8, 4) is 5.82 Å². The molecule has 2 N–H and O–H groups in total. The predicted octanol–water partition coefficient (Wildman–Crippen LogP) is 2.25. The van der Waals surface area contributed by atoms with Crippen LogP contribution in [0.25, 0.3) is 5.82 Å². The van der Waals surface area contributed by atoms with Gasteiger partial charge in [0.15, 0.2) is 5.82 Å². The molecule has 0 spiro atoms. The Labute approximate surface area is 143 Å². The zero-order chi connectivity index (χ0) is 18.0. The molecule has 0 fully saturated rings. The third kappa shape index (κ3) is 3.14. The van der Waals surface area contributed by atoms with Crippen molar-refractivity contribution >= 4 is 17.6 Å². The highest BCUT2D eigenvalue weighted by Gasteiger charge is 2.20. The first-order valence-electron chi connectivity index (χ1n) is 7.56. The van der Waals surface area contributed by atoms with E-state index in [4.69, 9.17) is 4.74 Å². The minimum Gasteiger partial charge on any atom is -0.464 e. The lowest BCUT2D eigenvalue weighted by molar-refractivity contribution is 0.0596. The molecule has 128 valence electrons. The van der Waals surface area contributed by atoms with E-state index >= 15 is 0 Å². The summed E-state index contributed by atoms with van der Waals surface area (Å²) in [6.45, 7) is 3.56. The SMILES string of the molecule is COC(=O)c1[nH]c(C)cc1NC(=O)c1cnn(-c2ccccn2)c1C. The molecule has 8 heteroatoms. The predicted molar refractivity (Wildman–Crippen MR) is 90.9 cm³/mol. The highest BCUT2D eigenvalue weighted by molar-refractivity contribution is 6.08. The van der Waals surface area contributed by atoms with Gasteiger partial charge in [-0.05, 0) is 32.0 Å². The number of nitrogens with zero attached hydrogens (tertiary/aromatic N) is 3. The number of aromatic amines is 1. The Morgan fingerprint density at radius 2 is 2.08 bits per heavy atom. The molecule has 0 aliphatic rings. The van der Waals surface area contributed by atoms with Crippen molar-refractivity contribution in [2.24, 2.45) is 0 Å². The van der Waals surface area contributed by atoms with Gasteiger partial charge in [-0.15, -0.1) is 0 Å². The fourth-order valence-electron chi connectivity index (χ4n) is 2.48. The van der Waals surface area contributed by atoms with Gasteiger partial charge in [0.2, 0.25) is 0 Å². The fraction of sp³-hybridized carbons (Fsp3) is 0.176. The number of rotatable bonds is 4. The van der Waals surface area contributed by atoms with E-state index in [0.29, 0.717) is 22.8 Å². The van der Waals surface area contributed by atoms with Crippen LogP contribution < -0.4 is 5.32 Å². The Bertz CT molecular complexity index is 927. The summed E-state index contributed by atoms with van der Waals surface area (Å²) in [5.41, 5.74) is 2.32. The van der Waals surface area contributed by atoms with Crippen molar-refractivity contribution in [3.63, 3.8) is 0 Å². The summed E-state index contributed by atoms with van der Waals surface area (Å²) in [7, 11) is 1.28. The van der Waals surface area contributed by atoms with Gasteiger partial charge >= 0.3 is 5.97 Å². The number of H-pyrrole nitrogens is 1. The zero-order valence-corrected chi connectivity index (χ0v) is 14.0. The summed E-state index contributed by atoms with van der Waals surface area (Å²) < 4.78 is 6.30. The van der Waals surface area contributed by atoms with Crippen LogP contribution in [0, 0.1) is 13.8 Å². The van der Waals surface area contributed by atoms with Gasteiger partial charge in [-0.25, -0.2) is 14.5 Å². The number of carbonyl (C=O) groups excluding carboxylic acids is 2. The summed E-state index contributed by atoms with van der Waals surface area (Å²) in [5, 5.41) is 6.95. The maximum Gasteiger partial charge on any atom is 0.356 e. The Kier molecular flexibility index (Phi) is 4.34. The highest BCUT2D eigenvalue weighted by atomic mass is 16.5. The van der Waals surface area contributed by atoms with E-state index in [1.165, 1.54) is 13.3 Å². The standard InChI is InChI=1S/C17H17N5O3/c1-10-8-13(15(20-10)17(24)25-3)21-16(23)12-9-19-22(11(12)2)14-6-4-5-7-18-14/h4-9,20H,1-3H3,(H,21,23). The van der Waals surface area contributed by atoms with Crippen LogP contribution in [0.4, 0.5) is 5.69 Å². The van der Waals surface area contributed by atoms with E-state index in [9.17, 15) is 9.59 Å². The van der Waals surface area contributed by atoms with Crippen LogP contribution in [-0.4, -0.2) is 38.7 Å². The Morgan fingerprint density at radius 1 is 1.28 bits per heavy atom. The van der Waals surface area contributed by atoms with Crippen molar-refractivity contribution in [1.29, 1.82) is 0 Å². The van der Waals surface area contributed by atoms with Crippen molar-refractivity contribution in [1.82, 2.24) is 19.7 Å². The number of esters is 1. The molecular formula is C17H17N5O3. The molecule has 0 aliphatic heterocycles. The topological polar surface area (TPSA) is 102 Å². The Hall–Kier alpha value is -3.42. The number of methoxy groups -OCH3 is 1. The van der Waals surface area contributed by atoms with Gasteiger partial charge in [0.25, 0.3) is 5.91 Å². The number of hydrogen-bond acceptors (Lipinski definition) is 5. The number of amides is 1. The minimum atomic E-state index is -0.552. The molecule has 0 aliphatic carbocycles. The Balaban J connectivity index is 1.88. The van der Waals surface area contributed by atoms with Crippen LogP contribution in [0.2, 0.25) is 0 Å². The molecule has 0 aromatic carbocycles. The van der Waals surface area contributed by atoms with E-state index in [-0.39, 0.29) is 11.6 Å². The number of carbonyl (C=O) groups is 2. The van der Waals surface area contributed by atoms with Crippen LogP contribution >= 0.6 is 0 Å². The number of anilines is 1. The molecule has 0 saturated heterocycles. The van der Waals surface area contributed by atoms with E-state index in [0.717, 1.165) is 5.69 Å². The van der Waals surface area contributed by atoms with Crippen LogP contribution in [0.5, 0.6) is 0 Å². The summed E-state index contributed by atoms with van der Waals surface area (Å²) in [5.74, 6) is -0.306. The number of hydrogen-bond donors (Lipinski definition) is 2. The number of pyridine rings is 1. The molecule has 1 amide bonds. The quantitative estimate of drug-likeness (QED) is 0.710. The second-order valence-electron chi connectivity index (χ2n) is 5.43. The maximum absolute atomic E-state index is 12.6. The molecule has 0 bridgehead atoms. The molecular weight excluding hydrogens is 322 g/mol. The number of aromatic nitrogens is 4. The van der Waals surface area contributed by atoms with Crippen molar-refractivity contribution < 1.29 is 14.3 Å². The normalized spacial score (nSPS) is 10.5. The van der Waals surface area contributed by atoms with Crippen LogP contribution in [0.1, 0.15) is 32.2 Å². The molecule has 0 unspecified atom stereocenters. The van der Waals surface area contributed by atoms with Gasteiger partial charge in [-0.2, -0.15) is 5.10 Å². The van der Waals surface area contributed by atoms with Gasteiger partial charge in [0, 0.05) is 11.9 Å². The van der Waals surface area contributed by atoms with Gasteiger partial charge in [-0.3, -0.25) is 4.79 Å². The van der Waals surface area contributed by atoms with Crippen LogP contribution in [-0.2, 0) is 4.74 Å². The number of ether oxygens (including phenoxy) is 1. The summed E-state index contributed by atoms with van der Waals surface area (Å²) in [6.07, 6.45) is 3.12. The first kappa shape index (κ1) is 16.4. The smallest absolute Gasteiger partial charge is 0.356 e. The zero-order valence-electron chi connectivity index (χ0n) is 14.0. The van der Waals surface area contributed by atoms with E-state index in [1.807, 2.05) is 6.07 Å². The molecule has 0 radical (unpaired) electrons. The maximum atomic E-state index is 12.6. The monoisotopic (exact) mass is 339 g/mol. The molecule has 8 nitrogen and oxygen atoms in total. The molecule has 0 saturated carbocycles. The first-order valence-corrected chi connectivity index (χ1v) is 7.56. The van der Waals surface area contributed by atoms with Gasteiger partial charge in [0.05, 0.1) is 30.3 Å². The minimum absolute atomic E-state index is 0.197. The molecule has 3 rings (SSSR count). The number of nitrogens with one attached hydrogen (secondary N) is 2. The van der Waals surface area contributed by atoms with Gasteiger partial charge in [-0.1, -0.05) is 6.07 Å². The second-order valence-corrected chi connectivity index (χ2v) is 5.43. The largest absolute Gasteiger partial charge is 0.464 e. The van der Waals surface area contributed by atoms with E-state index in [2.05, 4.69) is 20.4 Å². The average molecular weight is 339 g/mol. The summed E-state index contributed by atoms with van der Waals surface area (Å²) >= 11 is 0. The lowest BCUT2D eigenvalue weighted by atomic mass is 10.2. The molecule has 0 atom stereocenters. The van der Waals surface area contributed by atoms with E-state index < -0.39 is 5.97 Å². The highest BCUT2D eigenvalue weighted by Crippen LogP contribution is 2.20. The van der Waals surface area contributed by atoms with E-state index in [1.54, 1.807) is 42.9 Å². The van der Waals surface area contributed by atoms with Crippen molar-refractivity contribution in [2.45, 2.75) is 13.8 Å².